The minimum absolute atomic E-state index is 0.0980. The minimum Gasteiger partial charge on any atom is -0.265 e. The first-order chi connectivity index (χ1) is 8.38. The molecule has 0 fully saturated rings. The third kappa shape index (κ3) is 2.61. The summed E-state index contributed by atoms with van der Waals surface area (Å²) in [5, 5.41) is 4.40. The maximum atomic E-state index is 12.9. The predicted molar refractivity (Wildman–Crippen MR) is 71.1 cm³/mol. The van der Waals surface area contributed by atoms with Crippen molar-refractivity contribution in [2.75, 3.05) is 0 Å². The molecular weight excluding hydrogens is 227 g/mol. The maximum Gasteiger partial charge on any atom is 0.123 e. The molecule has 0 saturated carbocycles. The quantitative estimate of drug-likeness (QED) is 0.785. The van der Waals surface area contributed by atoms with Crippen LogP contribution in [0.5, 0.6) is 0 Å². The Morgan fingerprint density at radius 2 is 1.78 bits per heavy atom. The zero-order chi connectivity index (χ0) is 13.3. The average molecular weight is 246 g/mol. The number of halogens is 1. The van der Waals surface area contributed by atoms with Gasteiger partial charge in [-0.25, -0.2) is 4.39 Å². The van der Waals surface area contributed by atoms with Crippen molar-refractivity contribution in [1.82, 2.24) is 9.78 Å². The lowest BCUT2D eigenvalue weighted by molar-refractivity contribution is 0.554. The van der Waals surface area contributed by atoms with Gasteiger partial charge in [0.15, 0.2) is 0 Å². The van der Waals surface area contributed by atoms with Gasteiger partial charge >= 0.3 is 0 Å². The molecule has 0 radical (unpaired) electrons. The van der Waals surface area contributed by atoms with Gasteiger partial charge in [0.25, 0.3) is 0 Å². The van der Waals surface area contributed by atoms with Gasteiger partial charge in [-0.3, -0.25) is 4.68 Å². The average Bonchev–Trinajstić information content (AvgIpc) is 2.78. The molecule has 0 aliphatic rings. The van der Waals surface area contributed by atoms with E-state index in [9.17, 15) is 4.39 Å². The van der Waals surface area contributed by atoms with Gasteiger partial charge in [-0.1, -0.05) is 32.9 Å². The fraction of sp³-hybridized carbons (Fsp3) is 0.400. The SMILES string of the molecule is C[C@H](c1ccc(F)cc1)n1cc(C(C)(C)C)cn1. The molecule has 3 heteroatoms. The normalized spacial score (nSPS) is 13.6. The van der Waals surface area contributed by atoms with E-state index in [-0.39, 0.29) is 17.3 Å². The van der Waals surface area contributed by atoms with Crippen LogP contribution >= 0.6 is 0 Å². The molecule has 0 bridgehead atoms. The molecule has 0 aliphatic heterocycles. The number of hydrogen-bond donors (Lipinski definition) is 0. The van der Waals surface area contributed by atoms with E-state index in [0.717, 1.165) is 5.56 Å². The van der Waals surface area contributed by atoms with Crippen LogP contribution in [0.4, 0.5) is 4.39 Å². The van der Waals surface area contributed by atoms with Gasteiger partial charge in [-0.05, 0) is 35.6 Å². The van der Waals surface area contributed by atoms with Crippen LogP contribution in [0, 0.1) is 5.82 Å². The summed E-state index contributed by atoms with van der Waals surface area (Å²) in [5.74, 6) is -0.207. The fourth-order valence-electron chi connectivity index (χ4n) is 1.83. The molecule has 0 saturated heterocycles. The standard InChI is InChI=1S/C15H19FN2/c1-11(12-5-7-14(16)8-6-12)18-10-13(9-17-18)15(2,3)4/h5-11H,1-4H3/t11-/m1/s1. The van der Waals surface area contributed by atoms with Crippen LogP contribution in [0.3, 0.4) is 0 Å². The molecule has 0 N–H and O–H groups in total. The van der Waals surface area contributed by atoms with Gasteiger partial charge in [0.1, 0.15) is 5.82 Å². The number of rotatable bonds is 2. The van der Waals surface area contributed by atoms with E-state index in [2.05, 4.69) is 39.0 Å². The summed E-state index contributed by atoms with van der Waals surface area (Å²) in [5.41, 5.74) is 2.36. The third-order valence-electron chi connectivity index (χ3n) is 3.22. The van der Waals surface area contributed by atoms with E-state index >= 15 is 0 Å². The molecule has 1 atom stereocenters. The second-order valence-electron chi connectivity index (χ2n) is 5.69. The molecule has 96 valence electrons. The lowest BCUT2D eigenvalue weighted by Crippen LogP contribution is -2.11. The smallest absolute Gasteiger partial charge is 0.123 e. The van der Waals surface area contributed by atoms with E-state index in [4.69, 9.17) is 0 Å². The lowest BCUT2D eigenvalue weighted by Gasteiger charge is -2.16. The van der Waals surface area contributed by atoms with Crippen LogP contribution in [-0.2, 0) is 5.41 Å². The van der Waals surface area contributed by atoms with E-state index in [1.165, 1.54) is 17.7 Å². The second-order valence-corrected chi connectivity index (χ2v) is 5.69. The summed E-state index contributed by atoms with van der Waals surface area (Å²) < 4.78 is 14.8. The zero-order valence-electron chi connectivity index (χ0n) is 11.3. The molecule has 0 amide bonds. The van der Waals surface area contributed by atoms with Crippen molar-refractivity contribution in [2.45, 2.75) is 39.2 Å². The number of benzene rings is 1. The Bertz CT molecular complexity index is 520. The molecular formula is C15H19FN2. The third-order valence-corrected chi connectivity index (χ3v) is 3.22. The van der Waals surface area contributed by atoms with Crippen molar-refractivity contribution in [3.05, 3.63) is 53.6 Å². The van der Waals surface area contributed by atoms with Crippen molar-refractivity contribution in [2.24, 2.45) is 0 Å². The van der Waals surface area contributed by atoms with Crippen LogP contribution in [0.25, 0.3) is 0 Å². The Balaban J connectivity index is 2.26. The summed E-state index contributed by atoms with van der Waals surface area (Å²) in [4.78, 5) is 0. The van der Waals surface area contributed by atoms with Gasteiger partial charge in [-0.2, -0.15) is 5.10 Å². The summed E-state index contributed by atoms with van der Waals surface area (Å²) >= 11 is 0. The van der Waals surface area contributed by atoms with E-state index < -0.39 is 0 Å². The van der Waals surface area contributed by atoms with Crippen LogP contribution in [0.2, 0.25) is 0 Å². The Labute approximate surface area is 107 Å². The number of hydrogen-bond acceptors (Lipinski definition) is 1. The molecule has 2 rings (SSSR count). The summed E-state index contributed by atoms with van der Waals surface area (Å²) in [6.45, 7) is 8.55. The number of aromatic nitrogens is 2. The Hall–Kier alpha value is -1.64. The van der Waals surface area contributed by atoms with Crippen molar-refractivity contribution >= 4 is 0 Å². The highest BCUT2D eigenvalue weighted by Crippen LogP contribution is 2.24. The Kier molecular flexibility index (Phi) is 3.24. The van der Waals surface area contributed by atoms with Crippen LogP contribution < -0.4 is 0 Å². The molecule has 2 aromatic rings. The molecule has 0 unspecified atom stereocenters. The largest absolute Gasteiger partial charge is 0.265 e. The monoisotopic (exact) mass is 246 g/mol. The van der Waals surface area contributed by atoms with E-state index in [0.29, 0.717) is 0 Å². The predicted octanol–water partition coefficient (Wildman–Crippen LogP) is 3.93. The molecule has 0 aliphatic carbocycles. The number of nitrogens with zero attached hydrogens (tertiary/aromatic N) is 2. The highest BCUT2D eigenvalue weighted by Gasteiger charge is 2.17. The second kappa shape index (κ2) is 4.56. The highest BCUT2D eigenvalue weighted by molar-refractivity contribution is 5.22. The summed E-state index contributed by atoms with van der Waals surface area (Å²) in [7, 11) is 0. The topological polar surface area (TPSA) is 17.8 Å². The minimum atomic E-state index is -0.207. The molecule has 18 heavy (non-hydrogen) atoms. The highest BCUT2D eigenvalue weighted by atomic mass is 19.1. The van der Waals surface area contributed by atoms with Gasteiger partial charge in [-0.15, -0.1) is 0 Å². The molecule has 2 nitrogen and oxygen atoms in total. The maximum absolute atomic E-state index is 12.9. The zero-order valence-corrected chi connectivity index (χ0v) is 11.3. The molecule has 0 spiro atoms. The first-order valence-electron chi connectivity index (χ1n) is 6.18. The first kappa shape index (κ1) is 12.8. The molecule has 1 heterocycles. The van der Waals surface area contributed by atoms with Crippen molar-refractivity contribution < 1.29 is 4.39 Å². The van der Waals surface area contributed by atoms with Gasteiger partial charge in [0.05, 0.1) is 12.2 Å². The molecule has 1 aromatic carbocycles. The van der Waals surface area contributed by atoms with Gasteiger partial charge < -0.3 is 0 Å². The van der Waals surface area contributed by atoms with Crippen molar-refractivity contribution in [1.29, 1.82) is 0 Å². The Morgan fingerprint density at radius 1 is 1.17 bits per heavy atom. The molecule has 1 aromatic heterocycles. The fourth-order valence-corrected chi connectivity index (χ4v) is 1.83. The van der Waals surface area contributed by atoms with Crippen LogP contribution in [0.1, 0.15) is 44.9 Å². The summed E-state index contributed by atoms with van der Waals surface area (Å²) in [6.07, 6.45) is 3.97. The first-order valence-corrected chi connectivity index (χ1v) is 6.18. The van der Waals surface area contributed by atoms with Crippen molar-refractivity contribution in [3.8, 4) is 0 Å². The van der Waals surface area contributed by atoms with Crippen LogP contribution in [0.15, 0.2) is 36.7 Å². The van der Waals surface area contributed by atoms with Gasteiger partial charge in [0, 0.05) is 6.20 Å². The Morgan fingerprint density at radius 3 is 2.28 bits per heavy atom. The van der Waals surface area contributed by atoms with E-state index in [1.54, 1.807) is 12.1 Å². The van der Waals surface area contributed by atoms with Gasteiger partial charge in [0.2, 0.25) is 0 Å². The van der Waals surface area contributed by atoms with E-state index in [1.807, 2.05) is 10.9 Å². The van der Waals surface area contributed by atoms with Crippen LogP contribution in [-0.4, -0.2) is 9.78 Å². The van der Waals surface area contributed by atoms with Crippen molar-refractivity contribution in [3.63, 3.8) is 0 Å². The summed E-state index contributed by atoms with van der Waals surface area (Å²) in [6, 6.07) is 6.69. The lowest BCUT2D eigenvalue weighted by atomic mass is 9.90.